The number of fused-ring (bicyclic) bond motifs is 1. The Morgan fingerprint density at radius 1 is 0.647 bits per heavy atom. The second-order valence-electron chi connectivity index (χ2n) is 9.12. The Labute approximate surface area is 200 Å². The molecule has 0 bridgehead atoms. The van der Waals surface area contributed by atoms with E-state index >= 15 is 0 Å². The highest BCUT2D eigenvalue weighted by Crippen LogP contribution is 2.45. The number of hydrogen-bond donors (Lipinski definition) is 0. The van der Waals surface area contributed by atoms with E-state index < -0.39 is 0 Å². The van der Waals surface area contributed by atoms with E-state index in [4.69, 9.17) is 0 Å². The molecule has 2 heterocycles. The SMILES string of the molecule is CCc1ccc(C)c(-c2ccc(C3=C4C(=O)N(C)C(c5ccc(C)cc5)=C4C(=O)N3C)cc2)c1. The van der Waals surface area contributed by atoms with Crippen molar-refractivity contribution in [3.8, 4) is 11.1 Å². The van der Waals surface area contributed by atoms with Gasteiger partial charge in [-0.3, -0.25) is 9.59 Å². The van der Waals surface area contributed by atoms with Crippen LogP contribution in [0.25, 0.3) is 22.5 Å². The number of amides is 2. The van der Waals surface area contributed by atoms with Crippen LogP contribution in [0.15, 0.2) is 77.9 Å². The summed E-state index contributed by atoms with van der Waals surface area (Å²) in [6.07, 6.45) is 0.989. The Kier molecular flexibility index (Phi) is 5.24. The molecular formula is C30H28N2O2. The van der Waals surface area contributed by atoms with Gasteiger partial charge in [0.25, 0.3) is 11.8 Å². The van der Waals surface area contributed by atoms with E-state index in [9.17, 15) is 9.59 Å². The van der Waals surface area contributed by atoms with Crippen molar-refractivity contribution in [2.75, 3.05) is 14.1 Å². The lowest BCUT2D eigenvalue weighted by Gasteiger charge is -2.20. The highest BCUT2D eigenvalue weighted by atomic mass is 16.2. The van der Waals surface area contributed by atoms with Crippen LogP contribution >= 0.6 is 0 Å². The number of rotatable bonds is 4. The summed E-state index contributed by atoms with van der Waals surface area (Å²) in [5.41, 5.74) is 10.0. The molecule has 0 aliphatic carbocycles. The molecule has 2 amide bonds. The fraction of sp³-hybridized carbons (Fsp3) is 0.200. The first-order chi connectivity index (χ1) is 16.3. The van der Waals surface area contributed by atoms with Crippen molar-refractivity contribution in [2.45, 2.75) is 27.2 Å². The second kappa shape index (κ2) is 8.14. The van der Waals surface area contributed by atoms with Gasteiger partial charge in [-0.2, -0.15) is 0 Å². The van der Waals surface area contributed by atoms with Gasteiger partial charge in [-0.05, 0) is 53.6 Å². The number of carbonyl (C=O) groups is 2. The van der Waals surface area contributed by atoms with Crippen molar-refractivity contribution < 1.29 is 9.59 Å². The van der Waals surface area contributed by atoms with Crippen LogP contribution in [0.3, 0.4) is 0 Å². The quantitative estimate of drug-likeness (QED) is 0.521. The fourth-order valence-corrected chi connectivity index (χ4v) is 4.92. The number of likely N-dealkylation sites (N-methyl/N-ethyl adjacent to an activating group) is 2. The van der Waals surface area contributed by atoms with Crippen LogP contribution in [0.2, 0.25) is 0 Å². The lowest BCUT2D eigenvalue weighted by atomic mass is 9.95. The van der Waals surface area contributed by atoms with E-state index in [0.717, 1.165) is 28.7 Å². The van der Waals surface area contributed by atoms with Crippen molar-refractivity contribution >= 4 is 23.2 Å². The van der Waals surface area contributed by atoms with Gasteiger partial charge < -0.3 is 9.80 Å². The molecule has 170 valence electrons. The number of nitrogens with zero attached hydrogens (tertiary/aromatic N) is 2. The molecule has 4 heteroatoms. The smallest absolute Gasteiger partial charge is 0.261 e. The summed E-state index contributed by atoms with van der Waals surface area (Å²) in [5, 5.41) is 0. The van der Waals surface area contributed by atoms with Crippen LogP contribution in [0.1, 0.15) is 34.7 Å². The second-order valence-corrected chi connectivity index (χ2v) is 9.12. The van der Waals surface area contributed by atoms with Crippen molar-refractivity contribution in [3.05, 3.63) is 106 Å². The lowest BCUT2D eigenvalue weighted by Crippen LogP contribution is -2.25. The molecule has 0 aromatic heterocycles. The first kappa shape index (κ1) is 21.9. The first-order valence-corrected chi connectivity index (χ1v) is 11.6. The number of aryl methyl sites for hydroxylation is 3. The van der Waals surface area contributed by atoms with Crippen LogP contribution in [-0.4, -0.2) is 35.7 Å². The molecule has 0 fully saturated rings. The molecule has 0 radical (unpaired) electrons. The monoisotopic (exact) mass is 448 g/mol. The van der Waals surface area contributed by atoms with Gasteiger partial charge in [0.15, 0.2) is 0 Å². The normalized spacial score (nSPS) is 15.7. The molecule has 5 rings (SSSR count). The molecule has 0 saturated carbocycles. The van der Waals surface area contributed by atoms with E-state index in [1.54, 1.807) is 23.9 Å². The Hall–Kier alpha value is -3.92. The number of carbonyl (C=O) groups excluding carboxylic acids is 2. The third kappa shape index (κ3) is 3.29. The molecule has 3 aromatic rings. The topological polar surface area (TPSA) is 40.6 Å². The Bertz CT molecular complexity index is 1390. The highest BCUT2D eigenvalue weighted by Gasteiger charge is 2.46. The van der Waals surface area contributed by atoms with Gasteiger partial charge in [0.1, 0.15) is 0 Å². The summed E-state index contributed by atoms with van der Waals surface area (Å²) >= 11 is 0. The summed E-state index contributed by atoms with van der Waals surface area (Å²) in [6.45, 7) is 6.30. The third-order valence-electron chi connectivity index (χ3n) is 6.94. The van der Waals surface area contributed by atoms with E-state index in [1.807, 2.05) is 43.3 Å². The minimum absolute atomic E-state index is 0.145. The van der Waals surface area contributed by atoms with Gasteiger partial charge in [0.05, 0.1) is 22.5 Å². The molecule has 2 aliphatic rings. The molecular weight excluding hydrogens is 420 g/mol. The van der Waals surface area contributed by atoms with Crippen LogP contribution < -0.4 is 0 Å². The number of hydrogen-bond acceptors (Lipinski definition) is 2. The zero-order chi connectivity index (χ0) is 24.1. The van der Waals surface area contributed by atoms with Crippen molar-refractivity contribution in [2.24, 2.45) is 0 Å². The third-order valence-corrected chi connectivity index (χ3v) is 6.94. The fourth-order valence-electron chi connectivity index (χ4n) is 4.92. The highest BCUT2D eigenvalue weighted by molar-refractivity contribution is 6.30. The average Bonchev–Trinajstić information content (AvgIpc) is 3.25. The number of benzene rings is 3. The van der Waals surface area contributed by atoms with Crippen molar-refractivity contribution in [1.82, 2.24) is 9.80 Å². The Morgan fingerprint density at radius 2 is 1.12 bits per heavy atom. The van der Waals surface area contributed by atoms with Crippen molar-refractivity contribution in [1.29, 1.82) is 0 Å². The van der Waals surface area contributed by atoms with Gasteiger partial charge in [-0.15, -0.1) is 0 Å². The molecule has 2 aliphatic heterocycles. The molecule has 4 nitrogen and oxygen atoms in total. The van der Waals surface area contributed by atoms with Crippen LogP contribution in [0.4, 0.5) is 0 Å². The average molecular weight is 449 g/mol. The summed E-state index contributed by atoms with van der Waals surface area (Å²) < 4.78 is 0. The summed E-state index contributed by atoms with van der Waals surface area (Å²) in [7, 11) is 3.49. The van der Waals surface area contributed by atoms with E-state index in [1.165, 1.54) is 16.7 Å². The lowest BCUT2D eigenvalue weighted by molar-refractivity contribution is -0.123. The standard InChI is InChI=1S/C30H28N2O2/c1-6-20-10-9-19(3)24(17-20)21-13-15-23(16-14-21)28-26-25(29(33)32(28)5)27(31(4)30(26)34)22-11-7-18(2)8-12-22/h7-17H,6H2,1-5H3. The zero-order valence-corrected chi connectivity index (χ0v) is 20.3. The maximum Gasteiger partial charge on any atom is 0.261 e. The van der Waals surface area contributed by atoms with Crippen molar-refractivity contribution in [3.63, 3.8) is 0 Å². The van der Waals surface area contributed by atoms with Crippen LogP contribution in [-0.2, 0) is 16.0 Å². The maximum absolute atomic E-state index is 13.4. The molecule has 3 aromatic carbocycles. The Morgan fingerprint density at radius 3 is 1.62 bits per heavy atom. The molecule has 0 spiro atoms. The first-order valence-electron chi connectivity index (χ1n) is 11.6. The summed E-state index contributed by atoms with van der Waals surface area (Å²) in [6, 6.07) is 22.7. The minimum Gasteiger partial charge on any atom is -0.310 e. The van der Waals surface area contributed by atoms with E-state index in [0.29, 0.717) is 22.5 Å². The molecule has 0 N–H and O–H groups in total. The van der Waals surface area contributed by atoms with Crippen LogP contribution in [0.5, 0.6) is 0 Å². The van der Waals surface area contributed by atoms with Gasteiger partial charge in [0.2, 0.25) is 0 Å². The predicted octanol–water partition coefficient (Wildman–Crippen LogP) is 5.60. The molecule has 34 heavy (non-hydrogen) atoms. The van der Waals surface area contributed by atoms with Gasteiger partial charge in [0, 0.05) is 14.1 Å². The van der Waals surface area contributed by atoms with Gasteiger partial charge in [-0.25, -0.2) is 0 Å². The summed E-state index contributed by atoms with van der Waals surface area (Å²) in [4.78, 5) is 29.9. The minimum atomic E-state index is -0.145. The predicted molar refractivity (Wildman–Crippen MR) is 137 cm³/mol. The largest absolute Gasteiger partial charge is 0.310 e. The van der Waals surface area contributed by atoms with Gasteiger partial charge >= 0.3 is 0 Å². The van der Waals surface area contributed by atoms with E-state index in [-0.39, 0.29) is 11.8 Å². The van der Waals surface area contributed by atoms with Gasteiger partial charge in [-0.1, -0.05) is 79.2 Å². The molecule has 0 unspecified atom stereocenters. The molecule has 0 atom stereocenters. The Balaban J connectivity index is 1.62. The zero-order valence-electron chi connectivity index (χ0n) is 20.3. The van der Waals surface area contributed by atoms with Crippen LogP contribution in [0, 0.1) is 13.8 Å². The maximum atomic E-state index is 13.4. The summed E-state index contributed by atoms with van der Waals surface area (Å²) in [5.74, 6) is -0.289. The van der Waals surface area contributed by atoms with E-state index in [2.05, 4.69) is 44.2 Å². The molecule has 0 saturated heterocycles.